The van der Waals surface area contributed by atoms with Crippen molar-refractivity contribution in [2.24, 2.45) is 0 Å². The first-order valence-electron chi connectivity index (χ1n) is 14.0. The van der Waals surface area contributed by atoms with Gasteiger partial charge in [-0.15, -0.1) is 0 Å². The molecule has 1 aliphatic carbocycles. The van der Waals surface area contributed by atoms with Crippen LogP contribution in [0.1, 0.15) is 25.0 Å². The lowest BCUT2D eigenvalue weighted by Gasteiger charge is -2.21. The molecule has 1 heterocycles. The van der Waals surface area contributed by atoms with Crippen molar-refractivity contribution in [3.05, 3.63) is 132 Å². The zero-order valence-electron chi connectivity index (χ0n) is 22.5. The van der Waals surface area contributed by atoms with Crippen molar-refractivity contribution in [2.45, 2.75) is 19.3 Å². The van der Waals surface area contributed by atoms with Gasteiger partial charge in [0.2, 0.25) is 0 Å². The Labute approximate surface area is 232 Å². The van der Waals surface area contributed by atoms with Crippen molar-refractivity contribution < 1.29 is 4.42 Å². The van der Waals surface area contributed by atoms with E-state index in [1.54, 1.807) is 0 Å². The number of hydrogen-bond acceptors (Lipinski definition) is 1. The summed E-state index contributed by atoms with van der Waals surface area (Å²) in [6.07, 6.45) is 0. The van der Waals surface area contributed by atoms with Crippen LogP contribution < -0.4 is 0 Å². The van der Waals surface area contributed by atoms with Gasteiger partial charge in [0.1, 0.15) is 11.2 Å². The molecule has 0 N–H and O–H groups in total. The van der Waals surface area contributed by atoms with Gasteiger partial charge < -0.3 is 4.42 Å². The molecule has 1 nitrogen and oxygen atoms in total. The lowest BCUT2D eigenvalue weighted by atomic mass is 9.82. The van der Waals surface area contributed by atoms with Gasteiger partial charge >= 0.3 is 0 Å². The second kappa shape index (κ2) is 7.61. The van der Waals surface area contributed by atoms with Gasteiger partial charge in [0.05, 0.1) is 0 Å². The molecule has 188 valence electrons. The Morgan fingerprint density at radius 2 is 1.18 bits per heavy atom. The van der Waals surface area contributed by atoms with E-state index in [4.69, 9.17) is 4.42 Å². The van der Waals surface area contributed by atoms with Crippen molar-refractivity contribution in [1.82, 2.24) is 0 Å². The summed E-state index contributed by atoms with van der Waals surface area (Å²) in [5.74, 6) is 0. The smallest absolute Gasteiger partial charge is 0.136 e. The largest absolute Gasteiger partial charge is 0.456 e. The van der Waals surface area contributed by atoms with Crippen LogP contribution in [-0.4, -0.2) is 0 Å². The van der Waals surface area contributed by atoms with Crippen LogP contribution in [-0.2, 0) is 5.41 Å². The highest BCUT2D eigenvalue weighted by molar-refractivity contribution is 6.20. The Kier molecular flexibility index (Phi) is 4.18. The molecule has 1 heteroatoms. The number of fused-ring (bicyclic) bond motifs is 10. The quantitative estimate of drug-likeness (QED) is 0.158. The minimum Gasteiger partial charge on any atom is -0.456 e. The van der Waals surface area contributed by atoms with Gasteiger partial charge in [0.25, 0.3) is 0 Å². The predicted octanol–water partition coefficient (Wildman–Crippen LogP) is 11.0. The summed E-state index contributed by atoms with van der Waals surface area (Å²) in [6, 6.07) is 44.5. The molecule has 1 aromatic heterocycles. The fourth-order valence-electron chi connectivity index (χ4n) is 7.26. The fourth-order valence-corrected chi connectivity index (χ4v) is 7.26. The molecule has 9 rings (SSSR count). The molecular weight excluding hydrogens is 484 g/mol. The van der Waals surface area contributed by atoms with Gasteiger partial charge in [0.15, 0.2) is 0 Å². The van der Waals surface area contributed by atoms with E-state index < -0.39 is 0 Å². The maximum Gasteiger partial charge on any atom is 0.136 e. The Bertz CT molecular complexity index is 2350. The molecule has 0 unspecified atom stereocenters. The molecule has 1 aliphatic rings. The van der Waals surface area contributed by atoms with Crippen LogP contribution >= 0.6 is 0 Å². The zero-order valence-corrected chi connectivity index (χ0v) is 22.5. The second-order valence-corrected chi connectivity index (χ2v) is 11.7. The van der Waals surface area contributed by atoms with E-state index in [9.17, 15) is 0 Å². The van der Waals surface area contributed by atoms with Crippen LogP contribution in [0.2, 0.25) is 0 Å². The summed E-state index contributed by atoms with van der Waals surface area (Å²) in [5.41, 5.74) is 9.67. The van der Waals surface area contributed by atoms with E-state index in [2.05, 4.69) is 135 Å². The van der Waals surface area contributed by atoms with E-state index in [0.29, 0.717) is 0 Å². The molecule has 0 saturated heterocycles. The molecule has 7 aromatic carbocycles. The molecule has 8 aromatic rings. The van der Waals surface area contributed by atoms with E-state index in [1.165, 1.54) is 76.5 Å². The van der Waals surface area contributed by atoms with Crippen molar-refractivity contribution in [3.63, 3.8) is 0 Å². The van der Waals surface area contributed by atoms with E-state index >= 15 is 0 Å². The second-order valence-electron chi connectivity index (χ2n) is 11.7. The lowest BCUT2D eigenvalue weighted by molar-refractivity contribution is 0.658. The molecule has 0 fully saturated rings. The van der Waals surface area contributed by atoms with Gasteiger partial charge in [0, 0.05) is 16.2 Å². The third-order valence-corrected chi connectivity index (χ3v) is 9.23. The summed E-state index contributed by atoms with van der Waals surface area (Å²) in [7, 11) is 0. The molecule has 0 amide bonds. The summed E-state index contributed by atoms with van der Waals surface area (Å²) in [5, 5.41) is 9.98. The number of furan rings is 1. The zero-order chi connectivity index (χ0) is 26.6. The molecule has 0 saturated carbocycles. The molecule has 0 spiro atoms. The van der Waals surface area contributed by atoms with Crippen LogP contribution in [0.3, 0.4) is 0 Å². The van der Waals surface area contributed by atoms with Crippen LogP contribution in [0, 0.1) is 0 Å². The first-order valence-corrected chi connectivity index (χ1v) is 14.0. The van der Waals surface area contributed by atoms with Crippen molar-refractivity contribution >= 4 is 54.3 Å². The van der Waals surface area contributed by atoms with Crippen LogP contribution in [0.25, 0.3) is 76.5 Å². The van der Waals surface area contributed by atoms with Crippen LogP contribution in [0.4, 0.5) is 0 Å². The SMILES string of the molecule is CC1(C)c2ccccc2-c2cc3oc4cc(-c5c6ccccc6cc6c5ccc5ccccc56)ccc4c3cc21. The normalized spacial score (nSPS) is 13.9. The topological polar surface area (TPSA) is 13.1 Å². The summed E-state index contributed by atoms with van der Waals surface area (Å²) < 4.78 is 6.62. The molecule has 40 heavy (non-hydrogen) atoms. The van der Waals surface area contributed by atoms with Gasteiger partial charge in [-0.2, -0.15) is 0 Å². The summed E-state index contributed by atoms with van der Waals surface area (Å²) >= 11 is 0. The third-order valence-electron chi connectivity index (χ3n) is 9.23. The van der Waals surface area contributed by atoms with Crippen molar-refractivity contribution in [1.29, 1.82) is 0 Å². The Morgan fingerprint density at radius 3 is 2.08 bits per heavy atom. The molecular formula is C39H26O. The highest BCUT2D eigenvalue weighted by atomic mass is 16.3. The van der Waals surface area contributed by atoms with E-state index in [-0.39, 0.29) is 5.41 Å². The third kappa shape index (κ3) is 2.82. The average Bonchev–Trinajstić information content (AvgIpc) is 3.46. The van der Waals surface area contributed by atoms with Gasteiger partial charge in [-0.1, -0.05) is 105 Å². The van der Waals surface area contributed by atoms with Crippen LogP contribution in [0.15, 0.2) is 126 Å². The molecule has 0 atom stereocenters. The number of rotatable bonds is 1. The highest BCUT2D eigenvalue weighted by Crippen LogP contribution is 2.51. The van der Waals surface area contributed by atoms with Crippen molar-refractivity contribution in [3.8, 4) is 22.3 Å². The van der Waals surface area contributed by atoms with E-state index in [0.717, 1.165) is 11.2 Å². The van der Waals surface area contributed by atoms with Gasteiger partial charge in [-0.25, -0.2) is 0 Å². The predicted molar refractivity (Wildman–Crippen MR) is 169 cm³/mol. The van der Waals surface area contributed by atoms with E-state index in [1.807, 2.05) is 0 Å². The maximum absolute atomic E-state index is 6.62. The molecule has 0 radical (unpaired) electrons. The summed E-state index contributed by atoms with van der Waals surface area (Å²) in [6.45, 7) is 4.67. The molecule has 0 aliphatic heterocycles. The lowest BCUT2D eigenvalue weighted by Crippen LogP contribution is -2.14. The molecule has 0 bridgehead atoms. The number of hydrogen-bond donors (Lipinski definition) is 0. The first-order chi connectivity index (χ1) is 19.6. The Hall–Kier alpha value is -4.88. The average molecular weight is 511 g/mol. The Balaban J connectivity index is 1.32. The Morgan fingerprint density at radius 1 is 0.450 bits per heavy atom. The first kappa shape index (κ1) is 22.0. The van der Waals surface area contributed by atoms with Crippen LogP contribution in [0.5, 0.6) is 0 Å². The number of benzene rings is 7. The minimum absolute atomic E-state index is 0.0334. The minimum atomic E-state index is -0.0334. The van der Waals surface area contributed by atoms with Gasteiger partial charge in [-0.05, 0) is 96.0 Å². The standard InChI is InChI=1S/C39H26O/c1-39(2)34-14-8-7-13-28(34)32-22-37-33(21-35(32)39)29-17-16-25(20-36(29)40-37)38-27-12-6-4-10-24(27)19-31-26-11-5-3-9-23(26)15-18-30(31)38/h3-22H,1-2H3. The van der Waals surface area contributed by atoms with Gasteiger partial charge in [-0.3, -0.25) is 0 Å². The van der Waals surface area contributed by atoms with Crippen molar-refractivity contribution in [2.75, 3.05) is 0 Å². The highest BCUT2D eigenvalue weighted by Gasteiger charge is 2.36. The fraction of sp³-hybridized carbons (Fsp3) is 0.0769. The summed E-state index contributed by atoms with van der Waals surface area (Å²) in [4.78, 5) is 0. The monoisotopic (exact) mass is 510 g/mol. The maximum atomic E-state index is 6.62.